The second-order valence-electron chi connectivity index (χ2n) is 13.6. The Morgan fingerprint density at radius 1 is 0.604 bits per heavy atom. The lowest BCUT2D eigenvalue weighted by molar-refractivity contribution is -0.161. The fourth-order valence-corrected chi connectivity index (χ4v) is 5.85. The van der Waals surface area contributed by atoms with Crippen molar-refractivity contribution in [1.29, 1.82) is 0 Å². The van der Waals surface area contributed by atoms with Crippen molar-refractivity contribution in [2.24, 2.45) is 0 Å². The molecule has 0 aromatic heterocycles. The standard InChI is InChI=1S/C43H71O9P/c1-3-5-7-8-9-10-11-12-13-14-19-22-25-28-32-36-43(45)51-39(38-50-53(46,47)48)37-49-42(44)35-31-27-24-21-18-16-15-17-20-23-26-30-34-41-40(52-41)33-29-6-4-2/h6,12-13,16-18,20,24,26-27,29-30,39-41H,3-5,7-11,14-15,19,21-23,25,28,31-38H2,1-2H3,(H2,46,47,48)/b13-12-,18-16-,20-17-,27-24-,29-6-,30-26-/t39-,40?,41?/m1/s1. The summed E-state index contributed by atoms with van der Waals surface area (Å²) in [6, 6.07) is 0. The van der Waals surface area contributed by atoms with Crippen molar-refractivity contribution in [3.63, 3.8) is 0 Å². The molecule has 0 aromatic carbocycles. The molecule has 0 aliphatic carbocycles. The van der Waals surface area contributed by atoms with E-state index in [1.165, 1.54) is 38.5 Å². The summed E-state index contributed by atoms with van der Waals surface area (Å²) < 4.78 is 31.9. The highest BCUT2D eigenvalue weighted by atomic mass is 31.2. The fourth-order valence-electron chi connectivity index (χ4n) is 5.49. The van der Waals surface area contributed by atoms with Crippen LogP contribution < -0.4 is 0 Å². The number of unbranched alkanes of at least 4 members (excludes halogenated alkanes) is 11. The van der Waals surface area contributed by atoms with E-state index in [4.69, 9.17) is 24.0 Å². The number of phosphoric ester groups is 1. The SMILES string of the molecule is CC/C=C\CC1OC1C/C=C\C/C=C\C/C=C\C/C=C\CCC(=O)OC[C@H](COP(=O)(O)O)OC(=O)CCCCCCC/C=C\CCCCCCCC. The first-order valence-electron chi connectivity index (χ1n) is 20.4. The first kappa shape index (κ1) is 48.5. The van der Waals surface area contributed by atoms with Crippen molar-refractivity contribution in [2.75, 3.05) is 13.2 Å². The Hall–Kier alpha value is -2.55. The third-order valence-electron chi connectivity index (χ3n) is 8.62. The second kappa shape index (κ2) is 34.0. The highest BCUT2D eigenvalue weighted by Gasteiger charge is 2.35. The zero-order valence-electron chi connectivity index (χ0n) is 32.8. The highest BCUT2D eigenvalue weighted by molar-refractivity contribution is 7.46. The van der Waals surface area contributed by atoms with Crippen molar-refractivity contribution in [3.8, 4) is 0 Å². The van der Waals surface area contributed by atoms with E-state index in [0.29, 0.717) is 25.0 Å². The Bertz CT molecular complexity index is 1150. The third-order valence-corrected chi connectivity index (χ3v) is 9.11. The molecule has 1 aliphatic heterocycles. The van der Waals surface area contributed by atoms with E-state index in [2.05, 4.69) is 79.1 Å². The average Bonchev–Trinajstić information content (AvgIpc) is 3.88. The summed E-state index contributed by atoms with van der Waals surface area (Å²) in [6.07, 6.45) is 46.7. The van der Waals surface area contributed by atoms with E-state index >= 15 is 0 Å². The lowest BCUT2D eigenvalue weighted by atomic mass is 10.1. The van der Waals surface area contributed by atoms with Crippen LogP contribution in [0.1, 0.15) is 155 Å². The number of allylic oxidation sites excluding steroid dienone is 10. The minimum atomic E-state index is -4.78. The zero-order chi connectivity index (χ0) is 38.7. The summed E-state index contributed by atoms with van der Waals surface area (Å²) in [7, 11) is -4.78. The van der Waals surface area contributed by atoms with Crippen molar-refractivity contribution >= 4 is 19.8 Å². The van der Waals surface area contributed by atoms with Crippen molar-refractivity contribution in [3.05, 3.63) is 72.9 Å². The van der Waals surface area contributed by atoms with Gasteiger partial charge in [-0.15, -0.1) is 0 Å². The van der Waals surface area contributed by atoms with Gasteiger partial charge in [0.15, 0.2) is 6.10 Å². The van der Waals surface area contributed by atoms with Crippen LogP contribution in [0.4, 0.5) is 0 Å². The quantitative estimate of drug-likeness (QED) is 0.0213. The predicted molar refractivity (Wildman–Crippen MR) is 215 cm³/mol. The molecule has 0 spiro atoms. The maximum atomic E-state index is 12.4. The monoisotopic (exact) mass is 762 g/mol. The number of carbonyl (C=O) groups excluding carboxylic acids is 2. The molecule has 53 heavy (non-hydrogen) atoms. The van der Waals surface area contributed by atoms with Gasteiger partial charge >= 0.3 is 19.8 Å². The van der Waals surface area contributed by atoms with Crippen molar-refractivity contribution in [1.82, 2.24) is 0 Å². The number of esters is 2. The third kappa shape index (κ3) is 33.7. The summed E-state index contributed by atoms with van der Waals surface area (Å²) in [4.78, 5) is 42.8. The van der Waals surface area contributed by atoms with Gasteiger partial charge in [0.25, 0.3) is 0 Å². The molecule has 1 heterocycles. The van der Waals surface area contributed by atoms with E-state index in [-0.39, 0.29) is 19.4 Å². The van der Waals surface area contributed by atoms with Crippen LogP contribution in [0.5, 0.6) is 0 Å². The number of epoxide rings is 1. The molecule has 0 radical (unpaired) electrons. The van der Waals surface area contributed by atoms with Gasteiger partial charge in [0, 0.05) is 12.8 Å². The minimum Gasteiger partial charge on any atom is -0.462 e. The number of hydrogen-bond acceptors (Lipinski definition) is 7. The summed E-state index contributed by atoms with van der Waals surface area (Å²) in [6.45, 7) is 3.47. The van der Waals surface area contributed by atoms with Crippen LogP contribution in [0, 0.1) is 0 Å². The van der Waals surface area contributed by atoms with Gasteiger partial charge < -0.3 is 24.0 Å². The average molecular weight is 763 g/mol. The van der Waals surface area contributed by atoms with Crippen LogP contribution in [0.3, 0.4) is 0 Å². The fraction of sp³-hybridized carbons (Fsp3) is 0.674. The summed E-state index contributed by atoms with van der Waals surface area (Å²) >= 11 is 0. The van der Waals surface area contributed by atoms with E-state index in [0.717, 1.165) is 77.0 Å². The molecular formula is C43H71O9P. The van der Waals surface area contributed by atoms with Crippen LogP contribution in [0.15, 0.2) is 72.9 Å². The second-order valence-corrected chi connectivity index (χ2v) is 14.9. The maximum absolute atomic E-state index is 12.4. The Balaban J connectivity index is 2.13. The summed E-state index contributed by atoms with van der Waals surface area (Å²) in [5.74, 6) is -1.00. The molecule has 1 saturated heterocycles. The van der Waals surface area contributed by atoms with Gasteiger partial charge in [0.1, 0.15) is 6.61 Å². The smallest absolute Gasteiger partial charge is 0.462 e. The van der Waals surface area contributed by atoms with Crippen molar-refractivity contribution < 1.29 is 42.7 Å². The molecule has 0 saturated carbocycles. The molecule has 302 valence electrons. The highest BCUT2D eigenvalue weighted by Crippen LogP contribution is 2.36. The molecular weight excluding hydrogens is 691 g/mol. The van der Waals surface area contributed by atoms with Crippen LogP contribution in [0.25, 0.3) is 0 Å². The summed E-state index contributed by atoms with van der Waals surface area (Å²) in [5, 5.41) is 0. The molecule has 1 fully saturated rings. The van der Waals surface area contributed by atoms with Crippen molar-refractivity contribution in [2.45, 2.75) is 173 Å². The van der Waals surface area contributed by atoms with Gasteiger partial charge in [-0.3, -0.25) is 14.1 Å². The molecule has 10 heteroatoms. The molecule has 0 aromatic rings. The van der Waals surface area contributed by atoms with Gasteiger partial charge in [0.05, 0.1) is 18.8 Å². The molecule has 9 nitrogen and oxygen atoms in total. The Morgan fingerprint density at radius 2 is 1.11 bits per heavy atom. The first-order valence-corrected chi connectivity index (χ1v) is 21.9. The largest absolute Gasteiger partial charge is 0.469 e. The zero-order valence-corrected chi connectivity index (χ0v) is 33.7. The van der Waals surface area contributed by atoms with Gasteiger partial charge in [-0.05, 0) is 77.0 Å². The normalized spacial score (nSPS) is 17.1. The molecule has 2 unspecified atom stereocenters. The lowest BCUT2D eigenvalue weighted by Gasteiger charge is -2.18. The van der Waals surface area contributed by atoms with E-state index in [1.54, 1.807) is 0 Å². The topological polar surface area (TPSA) is 132 Å². The Morgan fingerprint density at radius 3 is 1.70 bits per heavy atom. The number of ether oxygens (including phenoxy) is 3. The molecule has 2 N–H and O–H groups in total. The Kier molecular flexibility index (Phi) is 31.1. The van der Waals surface area contributed by atoms with Gasteiger partial charge in [0.2, 0.25) is 0 Å². The van der Waals surface area contributed by atoms with Crippen LogP contribution in [-0.4, -0.2) is 53.3 Å². The van der Waals surface area contributed by atoms with E-state index in [9.17, 15) is 14.2 Å². The van der Waals surface area contributed by atoms with Crippen LogP contribution in [0.2, 0.25) is 0 Å². The maximum Gasteiger partial charge on any atom is 0.469 e. The van der Waals surface area contributed by atoms with Gasteiger partial charge in [-0.1, -0.05) is 138 Å². The number of rotatable bonds is 35. The summed E-state index contributed by atoms with van der Waals surface area (Å²) in [5.41, 5.74) is 0. The minimum absolute atomic E-state index is 0.134. The Labute approximate surface area is 321 Å². The molecule has 1 rings (SSSR count). The number of carbonyl (C=O) groups is 2. The molecule has 3 atom stereocenters. The molecule has 1 aliphatic rings. The van der Waals surface area contributed by atoms with E-state index in [1.807, 2.05) is 12.2 Å². The molecule has 0 amide bonds. The number of phosphoric acid groups is 1. The molecule has 0 bridgehead atoms. The van der Waals surface area contributed by atoms with Gasteiger partial charge in [-0.25, -0.2) is 4.57 Å². The number of hydrogen-bond donors (Lipinski definition) is 2. The van der Waals surface area contributed by atoms with Gasteiger partial charge in [-0.2, -0.15) is 0 Å². The lowest BCUT2D eigenvalue weighted by Crippen LogP contribution is -2.29. The van der Waals surface area contributed by atoms with Crippen LogP contribution >= 0.6 is 7.82 Å². The predicted octanol–water partition coefficient (Wildman–Crippen LogP) is 11.3. The van der Waals surface area contributed by atoms with Crippen LogP contribution in [-0.2, 0) is 32.9 Å². The van der Waals surface area contributed by atoms with E-state index < -0.39 is 32.5 Å². The first-order chi connectivity index (χ1) is 25.7.